The lowest BCUT2D eigenvalue weighted by Gasteiger charge is -2.33. The molecular formula is C15H19FN2O4S. The molecule has 126 valence electrons. The molecule has 1 aromatic rings. The van der Waals surface area contributed by atoms with Crippen LogP contribution in [0.3, 0.4) is 0 Å². The van der Waals surface area contributed by atoms with Gasteiger partial charge in [-0.1, -0.05) is 12.1 Å². The highest BCUT2D eigenvalue weighted by molar-refractivity contribution is 7.91. The van der Waals surface area contributed by atoms with Gasteiger partial charge in [0.1, 0.15) is 11.9 Å². The molecule has 2 fully saturated rings. The third-order valence-corrected chi connectivity index (χ3v) is 5.92. The summed E-state index contributed by atoms with van der Waals surface area (Å²) in [5.74, 6) is -0.189. The van der Waals surface area contributed by atoms with Gasteiger partial charge in [0.05, 0.1) is 24.7 Å². The molecule has 2 heterocycles. The number of halogens is 1. The first-order valence-corrected chi connectivity index (χ1v) is 9.38. The first-order valence-electron chi connectivity index (χ1n) is 7.56. The smallest absolute Gasteiger partial charge is 0.317 e. The third-order valence-electron chi connectivity index (χ3n) is 4.16. The van der Waals surface area contributed by atoms with E-state index in [2.05, 4.69) is 5.32 Å². The zero-order valence-electron chi connectivity index (χ0n) is 12.6. The molecule has 2 amide bonds. The maximum atomic E-state index is 13.0. The molecule has 2 aliphatic heterocycles. The summed E-state index contributed by atoms with van der Waals surface area (Å²) in [6.07, 6.45) is 0.155. The van der Waals surface area contributed by atoms with E-state index < -0.39 is 9.84 Å². The van der Waals surface area contributed by atoms with Crippen LogP contribution in [0, 0.1) is 5.82 Å². The van der Waals surface area contributed by atoms with Crippen LogP contribution in [0.1, 0.15) is 18.1 Å². The fraction of sp³-hybridized carbons (Fsp3) is 0.533. The molecule has 0 saturated carbocycles. The number of benzene rings is 1. The monoisotopic (exact) mass is 342 g/mol. The average molecular weight is 342 g/mol. The minimum atomic E-state index is -3.02. The number of carbonyl (C=O) groups is 1. The van der Waals surface area contributed by atoms with E-state index in [0.717, 1.165) is 5.56 Å². The lowest BCUT2D eigenvalue weighted by Crippen LogP contribution is -2.50. The molecule has 23 heavy (non-hydrogen) atoms. The number of sulfone groups is 1. The number of nitrogens with zero attached hydrogens (tertiary/aromatic N) is 1. The molecule has 0 radical (unpaired) electrons. The Labute approximate surface area is 134 Å². The predicted octanol–water partition coefficient (Wildman–Crippen LogP) is 1.10. The second-order valence-electron chi connectivity index (χ2n) is 5.91. The van der Waals surface area contributed by atoms with Crippen LogP contribution in [0.4, 0.5) is 9.18 Å². The summed E-state index contributed by atoms with van der Waals surface area (Å²) in [4.78, 5) is 13.9. The molecule has 1 N–H and O–H groups in total. The maximum absolute atomic E-state index is 13.0. The van der Waals surface area contributed by atoms with Crippen LogP contribution in [-0.2, 0) is 14.6 Å². The minimum absolute atomic E-state index is 0.00444. The summed E-state index contributed by atoms with van der Waals surface area (Å²) in [7, 11) is -3.02. The standard InChI is InChI=1S/C15H19FN2O4S/c16-12-3-1-11(2-4-12)14-9-18(6-7-22-14)15(19)17-13-5-8-23(20,21)10-13/h1-4,13-14H,5-10H2,(H,17,19)/t13-,14+/m0/s1. The van der Waals surface area contributed by atoms with Gasteiger partial charge in [-0.05, 0) is 24.1 Å². The maximum Gasteiger partial charge on any atom is 0.317 e. The molecule has 8 heteroatoms. The zero-order chi connectivity index (χ0) is 16.4. The molecule has 2 atom stereocenters. The fourth-order valence-corrected chi connectivity index (χ4v) is 4.56. The summed E-state index contributed by atoms with van der Waals surface area (Å²) in [5.41, 5.74) is 0.812. The Hall–Kier alpha value is -1.67. The average Bonchev–Trinajstić information content (AvgIpc) is 2.87. The quantitative estimate of drug-likeness (QED) is 0.873. The van der Waals surface area contributed by atoms with Gasteiger partial charge in [-0.2, -0.15) is 0 Å². The van der Waals surface area contributed by atoms with Crippen molar-refractivity contribution in [1.29, 1.82) is 0 Å². The van der Waals surface area contributed by atoms with E-state index in [-0.39, 0.29) is 35.5 Å². The number of hydrogen-bond acceptors (Lipinski definition) is 4. The number of rotatable bonds is 2. The Morgan fingerprint density at radius 1 is 1.30 bits per heavy atom. The van der Waals surface area contributed by atoms with Crippen molar-refractivity contribution in [1.82, 2.24) is 10.2 Å². The normalized spacial score (nSPS) is 26.9. The Bertz CT molecular complexity index is 677. The van der Waals surface area contributed by atoms with Gasteiger partial charge in [0.15, 0.2) is 9.84 Å². The molecule has 0 bridgehead atoms. The van der Waals surface area contributed by atoms with E-state index in [9.17, 15) is 17.6 Å². The summed E-state index contributed by atoms with van der Waals surface area (Å²) >= 11 is 0. The van der Waals surface area contributed by atoms with Crippen molar-refractivity contribution in [2.45, 2.75) is 18.6 Å². The largest absolute Gasteiger partial charge is 0.370 e. The number of carbonyl (C=O) groups excluding carboxylic acids is 1. The van der Waals surface area contributed by atoms with Gasteiger partial charge < -0.3 is 15.0 Å². The lowest BCUT2D eigenvalue weighted by molar-refractivity contribution is -0.0157. The summed E-state index contributed by atoms with van der Waals surface area (Å²) < 4.78 is 41.5. The Morgan fingerprint density at radius 2 is 2.04 bits per heavy atom. The van der Waals surface area contributed by atoms with E-state index in [1.807, 2.05) is 0 Å². The van der Waals surface area contributed by atoms with Crippen molar-refractivity contribution in [3.63, 3.8) is 0 Å². The number of morpholine rings is 1. The van der Waals surface area contributed by atoms with Crippen molar-refractivity contribution in [3.05, 3.63) is 35.6 Å². The SMILES string of the molecule is O=C(N[C@H]1CCS(=O)(=O)C1)N1CCO[C@@H](c2ccc(F)cc2)C1. The van der Waals surface area contributed by atoms with Crippen molar-refractivity contribution >= 4 is 15.9 Å². The molecule has 0 unspecified atom stereocenters. The summed E-state index contributed by atoms with van der Waals surface area (Å²) in [6, 6.07) is 5.42. The van der Waals surface area contributed by atoms with Crippen LogP contribution in [0.2, 0.25) is 0 Å². The number of urea groups is 1. The van der Waals surface area contributed by atoms with Crippen molar-refractivity contribution < 1.29 is 22.3 Å². The predicted molar refractivity (Wildman–Crippen MR) is 82.3 cm³/mol. The summed E-state index contributed by atoms with van der Waals surface area (Å²) in [5, 5.41) is 2.78. The second kappa shape index (κ2) is 6.45. The number of nitrogens with one attached hydrogen (secondary N) is 1. The van der Waals surface area contributed by atoms with Crippen LogP contribution in [0.25, 0.3) is 0 Å². The van der Waals surface area contributed by atoms with Gasteiger partial charge in [-0.15, -0.1) is 0 Å². The van der Waals surface area contributed by atoms with E-state index in [1.165, 1.54) is 12.1 Å². The van der Waals surface area contributed by atoms with Crippen molar-refractivity contribution in [2.24, 2.45) is 0 Å². The van der Waals surface area contributed by atoms with Crippen LogP contribution in [-0.4, -0.2) is 56.6 Å². The topological polar surface area (TPSA) is 75.7 Å². The van der Waals surface area contributed by atoms with Gasteiger partial charge in [-0.25, -0.2) is 17.6 Å². The highest BCUT2D eigenvalue weighted by Crippen LogP contribution is 2.22. The van der Waals surface area contributed by atoms with Crippen molar-refractivity contribution in [2.75, 3.05) is 31.2 Å². The molecule has 0 spiro atoms. The highest BCUT2D eigenvalue weighted by atomic mass is 32.2. The zero-order valence-corrected chi connectivity index (χ0v) is 13.4. The van der Waals surface area contributed by atoms with E-state index in [1.54, 1.807) is 17.0 Å². The fourth-order valence-electron chi connectivity index (χ4n) is 2.89. The van der Waals surface area contributed by atoms with Gasteiger partial charge in [0.2, 0.25) is 0 Å². The number of hydrogen-bond donors (Lipinski definition) is 1. The molecule has 1 aromatic carbocycles. The van der Waals surface area contributed by atoms with Crippen LogP contribution in [0.5, 0.6) is 0 Å². The Balaban J connectivity index is 1.59. The highest BCUT2D eigenvalue weighted by Gasteiger charge is 2.31. The second-order valence-corrected chi connectivity index (χ2v) is 8.14. The van der Waals surface area contributed by atoms with E-state index >= 15 is 0 Å². The van der Waals surface area contributed by atoms with Crippen LogP contribution >= 0.6 is 0 Å². The third kappa shape index (κ3) is 4.00. The molecule has 0 aromatic heterocycles. The first kappa shape index (κ1) is 16.2. The first-order chi connectivity index (χ1) is 10.9. The lowest BCUT2D eigenvalue weighted by atomic mass is 10.1. The van der Waals surface area contributed by atoms with Gasteiger partial charge in [0.25, 0.3) is 0 Å². The van der Waals surface area contributed by atoms with Gasteiger partial charge in [-0.3, -0.25) is 0 Å². The minimum Gasteiger partial charge on any atom is -0.370 e. The van der Waals surface area contributed by atoms with Crippen LogP contribution in [0.15, 0.2) is 24.3 Å². The summed E-state index contributed by atoms with van der Waals surface area (Å²) in [6.45, 7) is 1.19. The van der Waals surface area contributed by atoms with Crippen molar-refractivity contribution in [3.8, 4) is 0 Å². The Morgan fingerprint density at radius 3 is 2.70 bits per heavy atom. The number of amides is 2. The molecule has 6 nitrogen and oxygen atoms in total. The van der Waals surface area contributed by atoms with E-state index in [0.29, 0.717) is 26.1 Å². The van der Waals surface area contributed by atoms with E-state index in [4.69, 9.17) is 4.74 Å². The van der Waals surface area contributed by atoms with Gasteiger partial charge >= 0.3 is 6.03 Å². The molecule has 3 rings (SSSR count). The van der Waals surface area contributed by atoms with Crippen LogP contribution < -0.4 is 5.32 Å². The van der Waals surface area contributed by atoms with Gasteiger partial charge in [0, 0.05) is 12.6 Å². The molecule has 2 saturated heterocycles. The number of ether oxygens (including phenoxy) is 1. The molecule has 0 aliphatic carbocycles. The molecule has 2 aliphatic rings. The molecular weight excluding hydrogens is 323 g/mol. The Kier molecular flexibility index (Phi) is 4.54.